The van der Waals surface area contributed by atoms with Crippen molar-refractivity contribution in [2.75, 3.05) is 6.54 Å². The Bertz CT molecular complexity index is 468. The average Bonchev–Trinajstić information content (AvgIpc) is 2.79. The minimum Gasteiger partial charge on any atom is -0.312 e. The Morgan fingerprint density at radius 1 is 1.18 bits per heavy atom. The molecule has 90 valence electrons. The van der Waals surface area contributed by atoms with Crippen molar-refractivity contribution in [2.24, 2.45) is 0 Å². The molecule has 0 amide bonds. The predicted molar refractivity (Wildman–Crippen MR) is 66.1 cm³/mol. The van der Waals surface area contributed by atoms with Crippen molar-refractivity contribution in [3.63, 3.8) is 0 Å². The van der Waals surface area contributed by atoms with Gasteiger partial charge in [-0.25, -0.2) is 8.78 Å². The fraction of sp³-hybridized carbons (Fsp3) is 0.231. The third kappa shape index (κ3) is 3.61. The Morgan fingerprint density at radius 3 is 2.76 bits per heavy atom. The van der Waals surface area contributed by atoms with Crippen molar-refractivity contribution in [3.05, 3.63) is 57.8 Å². The largest absolute Gasteiger partial charge is 0.312 e. The van der Waals surface area contributed by atoms with E-state index in [9.17, 15) is 8.78 Å². The van der Waals surface area contributed by atoms with E-state index in [0.29, 0.717) is 12.1 Å². The van der Waals surface area contributed by atoms with E-state index in [1.54, 1.807) is 11.3 Å². The number of benzene rings is 1. The molecule has 1 heterocycles. The monoisotopic (exact) mass is 253 g/mol. The summed E-state index contributed by atoms with van der Waals surface area (Å²) in [5.41, 5.74) is 0.498. The standard InChI is InChI=1S/C13H13F2NS/c14-11-4-3-10(13(15)8-11)9-16-6-5-12-2-1-7-17-12/h1-4,7-8,16H,5-6,9H2. The van der Waals surface area contributed by atoms with Crippen LogP contribution in [-0.4, -0.2) is 6.54 Å². The number of nitrogens with one attached hydrogen (secondary N) is 1. The maximum atomic E-state index is 13.3. The number of hydrogen-bond donors (Lipinski definition) is 1. The van der Waals surface area contributed by atoms with Crippen LogP contribution < -0.4 is 5.32 Å². The minimum absolute atomic E-state index is 0.428. The number of hydrogen-bond acceptors (Lipinski definition) is 2. The first-order valence-electron chi connectivity index (χ1n) is 5.43. The summed E-state index contributed by atoms with van der Waals surface area (Å²) in [6.45, 7) is 1.22. The van der Waals surface area contributed by atoms with E-state index in [-0.39, 0.29) is 0 Å². The first kappa shape index (κ1) is 12.2. The number of halogens is 2. The van der Waals surface area contributed by atoms with Crippen molar-refractivity contribution in [1.29, 1.82) is 0 Å². The lowest BCUT2D eigenvalue weighted by molar-refractivity contribution is 0.561. The lowest BCUT2D eigenvalue weighted by Crippen LogP contribution is -2.17. The van der Waals surface area contributed by atoms with Gasteiger partial charge in [0.05, 0.1) is 0 Å². The lowest BCUT2D eigenvalue weighted by Gasteiger charge is -2.05. The summed E-state index contributed by atoms with van der Waals surface area (Å²) in [6.07, 6.45) is 0.931. The van der Waals surface area contributed by atoms with E-state index in [0.717, 1.165) is 19.0 Å². The van der Waals surface area contributed by atoms with Crippen LogP contribution in [0.3, 0.4) is 0 Å². The van der Waals surface area contributed by atoms with Crippen molar-refractivity contribution in [3.8, 4) is 0 Å². The molecule has 0 saturated carbocycles. The average molecular weight is 253 g/mol. The van der Waals surface area contributed by atoms with Crippen molar-refractivity contribution < 1.29 is 8.78 Å². The van der Waals surface area contributed by atoms with Crippen LogP contribution in [0.4, 0.5) is 8.78 Å². The van der Waals surface area contributed by atoms with E-state index in [1.807, 2.05) is 11.4 Å². The second-order valence-corrected chi connectivity index (χ2v) is 4.77. The quantitative estimate of drug-likeness (QED) is 0.806. The summed E-state index contributed by atoms with van der Waals surface area (Å²) in [5, 5.41) is 5.18. The zero-order chi connectivity index (χ0) is 12.1. The van der Waals surface area contributed by atoms with Crippen LogP contribution in [0.1, 0.15) is 10.4 Å². The molecule has 1 nitrogen and oxygen atoms in total. The van der Waals surface area contributed by atoms with Gasteiger partial charge in [0.25, 0.3) is 0 Å². The van der Waals surface area contributed by atoms with Gasteiger partial charge < -0.3 is 5.32 Å². The molecule has 0 saturated heterocycles. The Balaban J connectivity index is 1.78. The Labute approximate surface area is 103 Å². The molecule has 0 aliphatic rings. The zero-order valence-electron chi connectivity index (χ0n) is 9.25. The molecule has 17 heavy (non-hydrogen) atoms. The highest BCUT2D eigenvalue weighted by Crippen LogP contribution is 2.10. The minimum atomic E-state index is -0.537. The van der Waals surface area contributed by atoms with Crippen LogP contribution in [0.2, 0.25) is 0 Å². The summed E-state index contributed by atoms with van der Waals surface area (Å²) in [5.74, 6) is -1.03. The van der Waals surface area contributed by atoms with Crippen LogP contribution in [0.25, 0.3) is 0 Å². The first-order chi connectivity index (χ1) is 8.25. The maximum Gasteiger partial charge on any atom is 0.130 e. The highest BCUT2D eigenvalue weighted by molar-refractivity contribution is 7.09. The van der Waals surface area contributed by atoms with E-state index in [4.69, 9.17) is 0 Å². The fourth-order valence-corrected chi connectivity index (χ4v) is 2.26. The van der Waals surface area contributed by atoms with Crippen molar-refractivity contribution in [1.82, 2.24) is 5.32 Å². The van der Waals surface area contributed by atoms with Gasteiger partial charge in [-0.05, 0) is 23.9 Å². The second kappa shape index (κ2) is 5.89. The smallest absolute Gasteiger partial charge is 0.130 e. The van der Waals surface area contributed by atoms with Gasteiger partial charge in [0.1, 0.15) is 11.6 Å². The van der Waals surface area contributed by atoms with Crippen LogP contribution in [-0.2, 0) is 13.0 Å². The van der Waals surface area contributed by atoms with Crippen molar-refractivity contribution >= 4 is 11.3 Å². The molecule has 0 radical (unpaired) electrons. The molecule has 0 spiro atoms. The second-order valence-electron chi connectivity index (χ2n) is 3.74. The molecule has 0 bridgehead atoms. The Morgan fingerprint density at radius 2 is 2.06 bits per heavy atom. The van der Waals surface area contributed by atoms with Crippen molar-refractivity contribution in [2.45, 2.75) is 13.0 Å². The van der Waals surface area contributed by atoms with Gasteiger partial charge in [0.2, 0.25) is 0 Å². The molecule has 0 fully saturated rings. The predicted octanol–water partition coefficient (Wildman–Crippen LogP) is 3.36. The molecule has 1 aromatic heterocycles. The molecule has 2 aromatic rings. The molecular formula is C13H13F2NS. The Kier molecular flexibility index (Phi) is 4.23. The molecule has 2 rings (SSSR count). The molecule has 1 N–H and O–H groups in total. The van der Waals surface area contributed by atoms with Gasteiger partial charge in [-0.15, -0.1) is 11.3 Å². The van der Waals surface area contributed by atoms with Crippen LogP contribution in [0.5, 0.6) is 0 Å². The van der Waals surface area contributed by atoms with E-state index in [2.05, 4.69) is 11.4 Å². The third-order valence-electron chi connectivity index (χ3n) is 2.46. The normalized spacial score (nSPS) is 10.7. The van der Waals surface area contributed by atoms with Gasteiger partial charge in [-0.3, -0.25) is 0 Å². The summed E-state index contributed by atoms with van der Waals surface area (Å²) in [6, 6.07) is 7.75. The topological polar surface area (TPSA) is 12.0 Å². The van der Waals surface area contributed by atoms with E-state index < -0.39 is 11.6 Å². The SMILES string of the molecule is Fc1ccc(CNCCc2cccs2)c(F)c1. The summed E-state index contributed by atoms with van der Waals surface area (Å²) >= 11 is 1.71. The van der Waals surface area contributed by atoms with E-state index in [1.165, 1.54) is 17.0 Å². The molecule has 0 unspecified atom stereocenters. The molecular weight excluding hydrogens is 240 g/mol. The lowest BCUT2D eigenvalue weighted by atomic mass is 10.2. The van der Waals surface area contributed by atoms with Crippen LogP contribution in [0.15, 0.2) is 35.7 Å². The Hall–Kier alpha value is -1.26. The number of thiophene rings is 1. The fourth-order valence-electron chi connectivity index (χ4n) is 1.55. The summed E-state index contributed by atoms with van der Waals surface area (Å²) in [7, 11) is 0. The van der Waals surface area contributed by atoms with Gasteiger partial charge in [0.15, 0.2) is 0 Å². The molecule has 0 atom stereocenters. The summed E-state index contributed by atoms with van der Waals surface area (Å²) < 4.78 is 25.9. The van der Waals surface area contributed by atoms with Gasteiger partial charge in [0, 0.05) is 29.6 Å². The zero-order valence-corrected chi connectivity index (χ0v) is 10.1. The number of rotatable bonds is 5. The van der Waals surface area contributed by atoms with Gasteiger partial charge in [-0.2, -0.15) is 0 Å². The highest BCUT2D eigenvalue weighted by Gasteiger charge is 2.02. The molecule has 1 aromatic carbocycles. The van der Waals surface area contributed by atoms with Gasteiger partial charge >= 0.3 is 0 Å². The molecule has 4 heteroatoms. The molecule has 0 aliphatic heterocycles. The third-order valence-corrected chi connectivity index (χ3v) is 3.40. The maximum absolute atomic E-state index is 13.3. The van der Waals surface area contributed by atoms with Crippen LogP contribution in [0, 0.1) is 11.6 Å². The molecule has 0 aliphatic carbocycles. The van der Waals surface area contributed by atoms with E-state index >= 15 is 0 Å². The first-order valence-corrected chi connectivity index (χ1v) is 6.31. The summed E-state index contributed by atoms with van der Waals surface area (Å²) in [4.78, 5) is 1.30. The highest BCUT2D eigenvalue weighted by atomic mass is 32.1. The van der Waals surface area contributed by atoms with Gasteiger partial charge in [-0.1, -0.05) is 12.1 Å². The van der Waals surface area contributed by atoms with Crippen LogP contribution >= 0.6 is 11.3 Å².